The van der Waals surface area contributed by atoms with Crippen LogP contribution in [0.15, 0.2) is 30.5 Å². The predicted octanol–water partition coefficient (Wildman–Crippen LogP) is 2.61. The number of benzene rings is 1. The van der Waals surface area contributed by atoms with Crippen LogP contribution >= 0.6 is 11.6 Å². The van der Waals surface area contributed by atoms with E-state index in [2.05, 4.69) is 4.98 Å². The fraction of sp³-hybridized carbons (Fsp3) is 0.0909. The Morgan fingerprint density at radius 3 is 2.73 bits per heavy atom. The third-order valence-corrected chi connectivity index (χ3v) is 2.44. The minimum Gasteiger partial charge on any atom is -0.333 e. The zero-order valence-electron chi connectivity index (χ0n) is 8.11. The van der Waals surface area contributed by atoms with Gasteiger partial charge >= 0.3 is 0 Å². The molecule has 0 unspecified atom stereocenters. The molecule has 74 valence electrons. The minimum atomic E-state index is 0.396. The van der Waals surface area contributed by atoms with Gasteiger partial charge < -0.3 is 4.57 Å². The van der Waals surface area contributed by atoms with Gasteiger partial charge in [-0.3, -0.25) is 0 Å². The Hall–Kier alpha value is -1.79. The predicted molar refractivity (Wildman–Crippen MR) is 58.4 cm³/mol. The highest BCUT2D eigenvalue weighted by molar-refractivity contribution is 6.33. The summed E-state index contributed by atoms with van der Waals surface area (Å²) in [6.07, 6.45) is 1.68. The van der Waals surface area contributed by atoms with E-state index in [1.165, 1.54) is 0 Å². The van der Waals surface area contributed by atoms with Crippen LogP contribution in [0.5, 0.6) is 0 Å². The van der Waals surface area contributed by atoms with Crippen LogP contribution in [0.2, 0.25) is 5.02 Å². The van der Waals surface area contributed by atoms with Crippen LogP contribution in [-0.4, -0.2) is 9.55 Å². The van der Waals surface area contributed by atoms with E-state index in [4.69, 9.17) is 16.9 Å². The number of nitriles is 1. The maximum Gasteiger partial charge on any atom is 0.159 e. The van der Waals surface area contributed by atoms with E-state index in [9.17, 15) is 0 Å². The molecule has 0 aliphatic rings. The van der Waals surface area contributed by atoms with Crippen LogP contribution in [0.4, 0.5) is 0 Å². The van der Waals surface area contributed by atoms with Gasteiger partial charge in [0.1, 0.15) is 11.9 Å². The van der Waals surface area contributed by atoms with Crippen LogP contribution in [0, 0.1) is 11.3 Å². The lowest BCUT2D eigenvalue weighted by Crippen LogP contribution is -1.91. The molecule has 0 fully saturated rings. The van der Waals surface area contributed by atoms with Gasteiger partial charge in [0.05, 0.1) is 5.02 Å². The van der Waals surface area contributed by atoms with E-state index in [1.54, 1.807) is 16.8 Å². The second kappa shape index (κ2) is 3.76. The first kappa shape index (κ1) is 9.75. The average Bonchev–Trinajstić information content (AvgIpc) is 2.60. The second-order valence-corrected chi connectivity index (χ2v) is 3.56. The van der Waals surface area contributed by atoms with Crippen LogP contribution < -0.4 is 0 Å². The molecule has 0 saturated carbocycles. The lowest BCUT2D eigenvalue weighted by atomic mass is 10.2. The van der Waals surface area contributed by atoms with Crippen LogP contribution in [-0.2, 0) is 7.05 Å². The van der Waals surface area contributed by atoms with E-state index in [0.717, 1.165) is 5.56 Å². The van der Waals surface area contributed by atoms with Crippen molar-refractivity contribution in [2.24, 2.45) is 7.05 Å². The normalized spacial score (nSPS) is 9.93. The molecule has 0 aliphatic heterocycles. The third kappa shape index (κ3) is 1.72. The first-order valence-electron chi connectivity index (χ1n) is 4.40. The van der Waals surface area contributed by atoms with Gasteiger partial charge in [-0.2, -0.15) is 5.26 Å². The molecule has 0 radical (unpaired) electrons. The van der Waals surface area contributed by atoms with Crippen molar-refractivity contribution in [1.29, 1.82) is 5.26 Å². The molecule has 2 aromatic rings. The van der Waals surface area contributed by atoms with Gasteiger partial charge in [0.25, 0.3) is 0 Å². The van der Waals surface area contributed by atoms with Crippen molar-refractivity contribution in [2.75, 3.05) is 0 Å². The maximum absolute atomic E-state index is 8.73. The van der Waals surface area contributed by atoms with E-state index >= 15 is 0 Å². The van der Waals surface area contributed by atoms with E-state index in [1.807, 2.05) is 31.3 Å². The number of hydrogen-bond acceptors (Lipinski definition) is 2. The SMILES string of the molecule is Cn1cc(C#N)nc1-c1ccccc1Cl. The molecule has 0 spiro atoms. The van der Waals surface area contributed by atoms with Gasteiger partial charge in [0.2, 0.25) is 0 Å². The number of aromatic nitrogens is 2. The van der Waals surface area contributed by atoms with Gasteiger partial charge in [-0.25, -0.2) is 4.98 Å². The summed E-state index contributed by atoms with van der Waals surface area (Å²) in [7, 11) is 1.84. The Kier molecular flexibility index (Phi) is 2.44. The van der Waals surface area contributed by atoms with E-state index < -0.39 is 0 Å². The molecule has 0 bridgehead atoms. The maximum atomic E-state index is 8.73. The molecule has 0 saturated heterocycles. The molecule has 3 nitrogen and oxygen atoms in total. The summed E-state index contributed by atoms with van der Waals surface area (Å²) in [5.41, 5.74) is 1.23. The Labute approximate surface area is 92.6 Å². The standard InChI is InChI=1S/C11H8ClN3/c1-15-7-8(6-13)14-11(15)9-4-2-3-5-10(9)12/h2-5,7H,1H3. The molecular weight excluding hydrogens is 210 g/mol. The largest absolute Gasteiger partial charge is 0.333 e. The highest BCUT2D eigenvalue weighted by Crippen LogP contribution is 2.26. The molecule has 0 aliphatic carbocycles. The smallest absolute Gasteiger partial charge is 0.159 e. The summed E-state index contributed by atoms with van der Waals surface area (Å²) in [4.78, 5) is 4.18. The lowest BCUT2D eigenvalue weighted by molar-refractivity contribution is 0.924. The van der Waals surface area contributed by atoms with Gasteiger partial charge in [0.15, 0.2) is 5.69 Å². The van der Waals surface area contributed by atoms with Crippen molar-refractivity contribution >= 4 is 11.6 Å². The van der Waals surface area contributed by atoms with Gasteiger partial charge in [-0.1, -0.05) is 23.7 Å². The molecule has 0 N–H and O–H groups in total. The topological polar surface area (TPSA) is 41.6 Å². The molecule has 0 atom stereocenters. The molecule has 1 heterocycles. The molecule has 1 aromatic carbocycles. The van der Waals surface area contributed by atoms with Crippen molar-refractivity contribution in [3.8, 4) is 17.5 Å². The summed E-state index contributed by atoms with van der Waals surface area (Å²) in [6.45, 7) is 0. The number of nitrogens with zero attached hydrogens (tertiary/aromatic N) is 3. The van der Waals surface area contributed by atoms with Crippen molar-refractivity contribution in [3.05, 3.63) is 41.2 Å². The van der Waals surface area contributed by atoms with Crippen LogP contribution in [0.25, 0.3) is 11.4 Å². The van der Waals surface area contributed by atoms with Crippen LogP contribution in [0.1, 0.15) is 5.69 Å². The molecule has 4 heteroatoms. The monoisotopic (exact) mass is 217 g/mol. The first-order valence-corrected chi connectivity index (χ1v) is 4.78. The Morgan fingerprint density at radius 2 is 2.13 bits per heavy atom. The molecule has 1 aromatic heterocycles. The quantitative estimate of drug-likeness (QED) is 0.737. The van der Waals surface area contributed by atoms with E-state index in [0.29, 0.717) is 16.5 Å². The number of imidazole rings is 1. The zero-order chi connectivity index (χ0) is 10.8. The lowest BCUT2D eigenvalue weighted by Gasteiger charge is -2.02. The van der Waals surface area contributed by atoms with Crippen molar-refractivity contribution < 1.29 is 0 Å². The number of hydrogen-bond donors (Lipinski definition) is 0. The fourth-order valence-corrected chi connectivity index (χ4v) is 1.63. The van der Waals surface area contributed by atoms with Crippen molar-refractivity contribution in [2.45, 2.75) is 0 Å². The molecule has 15 heavy (non-hydrogen) atoms. The first-order chi connectivity index (χ1) is 7.22. The summed E-state index contributed by atoms with van der Waals surface area (Å²) < 4.78 is 1.79. The van der Waals surface area contributed by atoms with Gasteiger partial charge in [0, 0.05) is 18.8 Å². The number of rotatable bonds is 1. The second-order valence-electron chi connectivity index (χ2n) is 3.15. The van der Waals surface area contributed by atoms with Gasteiger partial charge in [-0.05, 0) is 12.1 Å². The average molecular weight is 218 g/mol. The highest BCUT2D eigenvalue weighted by atomic mass is 35.5. The third-order valence-electron chi connectivity index (χ3n) is 2.11. The minimum absolute atomic E-state index is 0.396. The summed E-state index contributed by atoms with van der Waals surface area (Å²) in [6, 6.07) is 9.44. The Morgan fingerprint density at radius 1 is 1.40 bits per heavy atom. The van der Waals surface area contributed by atoms with Crippen molar-refractivity contribution in [1.82, 2.24) is 9.55 Å². The number of halogens is 1. The zero-order valence-corrected chi connectivity index (χ0v) is 8.86. The van der Waals surface area contributed by atoms with E-state index in [-0.39, 0.29) is 0 Å². The highest BCUT2D eigenvalue weighted by Gasteiger charge is 2.09. The molecular formula is C11H8ClN3. The van der Waals surface area contributed by atoms with Gasteiger partial charge in [-0.15, -0.1) is 0 Å². The number of aryl methyl sites for hydroxylation is 1. The Bertz CT molecular complexity index is 537. The van der Waals surface area contributed by atoms with Crippen molar-refractivity contribution in [3.63, 3.8) is 0 Å². The van der Waals surface area contributed by atoms with Crippen LogP contribution in [0.3, 0.4) is 0 Å². The molecule has 2 rings (SSSR count). The summed E-state index contributed by atoms with van der Waals surface area (Å²) in [5, 5.41) is 9.37. The fourth-order valence-electron chi connectivity index (χ4n) is 1.41. The Balaban J connectivity index is 2.60. The summed E-state index contributed by atoms with van der Waals surface area (Å²) in [5.74, 6) is 0.706. The summed E-state index contributed by atoms with van der Waals surface area (Å²) >= 11 is 6.05. The molecule has 0 amide bonds.